The maximum Gasteiger partial charge on any atom is 0.119 e. The van der Waals surface area contributed by atoms with Gasteiger partial charge in [-0.1, -0.05) is 31.2 Å². The summed E-state index contributed by atoms with van der Waals surface area (Å²) in [4.78, 5) is 0. The molecular weight excluding hydrogens is 238 g/mol. The van der Waals surface area contributed by atoms with Crippen LogP contribution in [0.1, 0.15) is 30.5 Å². The molecule has 0 fully saturated rings. The van der Waals surface area contributed by atoms with Crippen molar-refractivity contribution in [3.63, 3.8) is 0 Å². The molecule has 0 aliphatic rings. The van der Waals surface area contributed by atoms with Crippen molar-refractivity contribution in [2.45, 2.75) is 26.0 Å². The maximum absolute atomic E-state index is 9.20. The number of aromatic hydroxyl groups is 1. The zero-order chi connectivity index (χ0) is 13.7. The Hall–Kier alpha value is -2.00. The molecule has 0 aliphatic heterocycles. The van der Waals surface area contributed by atoms with Crippen LogP contribution in [0.15, 0.2) is 48.5 Å². The van der Waals surface area contributed by atoms with Gasteiger partial charge in [-0.25, -0.2) is 0 Å². The fraction of sp³-hybridized carbons (Fsp3) is 0.250. The molecule has 0 heterocycles. The van der Waals surface area contributed by atoms with Crippen molar-refractivity contribution in [3.05, 3.63) is 59.7 Å². The van der Waals surface area contributed by atoms with Crippen LogP contribution in [0.3, 0.4) is 0 Å². The number of phenols is 1. The molecule has 2 aromatic rings. The highest BCUT2D eigenvalue weighted by atomic mass is 16.5. The van der Waals surface area contributed by atoms with E-state index < -0.39 is 0 Å². The van der Waals surface area contributed by atoms with Crippen LogP contribution >= 0.6 is 0 Å². The normalized spacial score (nSPS) is 12.1. The van der Waals surface area contributed by atoms with Gasteiger partial charge in [0.2, 0.25) is 0 Å². The summed E-state index contributed by atoms with van der Waals surface area (Å²) in [5, 5.41) is 9.20. The molecular formula is C16H19NO2. The first-order chi connectivity index (χ1) is 9.19. The number of benzene rings is 2. The van der Waals surface area contributed by atoms with E-state index in [1.165, 1.54) is 0 Å². The van der Waals surface area contributed by atoms with Crippen LogP contribution in [-0.2, 0) is 6.61 Å². The van der Waals surface area contributed by atoms with Gasteiger partial charge in [-0.05, 0) is 41.8 Å². The molecule has 100 valence electrons. The topological polar surface area (TPSA) is 55.5 Å². The monoisotopic (exact) mass is 257 g/mol. The molecule has 0 aromatic heterocycles. The van der Waals surface area contributed by atoms with Gasteiger partial charge < -0.3 is 15.6 Å². The molecule has 1 atom stereocenters. The number of hydrogen-bond donors (Lipinski definition) is 2. The minimum atomic E-state index is 0.0890. The van der Waals surface area contributed by atoms with E-state index in [1.807, 2.05) is 36.4 Å². The standard InChI is InChI=1S/C16H19NO2/c1-2-16(17)13-5-9-15(10-6-13)19-11-12-3-7-14(18)8-4-12/h3-10,16,18H,2,11,17H2,1H3. The first kappa shape index (κ1) is 13.4. The van der Waals surface area contributed by atoms with Crippen molar-refractivity contribution in [1.82, 2.24) is 0 Å². The Morgan fingerprint density at radius 3 is 2.26 bits per heavy atom. The molecule has 0 amide bonds. The molecule has 0 bridgehead atoms. The van der Waals surface area contributed by atoms with Gasteiger partial charge in [0, 0.05) is 6.04 Å². The SMILES string of the molecule is CCC(N)c1ccc(OCc2ccc(O)cc2)cc1. The second-order valence-electron chi connectivity index (χ2n) is 4.54. The molecule has 1 unspecified atom stereocenters. The highest BCUT2D eigenvalue weighted by molar-refractivity contribution is 5.30. The van der Waals surface area contributed by atoms with Gasteiger partial charge in [0.05, 0.1) is 0 Å². The summed E-state index contributed by atoms with van der Waals surface area (Å²) in [5.74, 6) is 1.08. The van der Waals surface area contributed by atoms with Gasteiger partial charge in [0.1, 0.15) is 18.1 Å². The van der Waals surface area contributed by atoms with E-state index >= 15 is 0 Å². The lowest BCUT2D eigenvalue weighted by Gasteiger charge is -2.11. The quantitative estimate of drug-likeness (QED) is 0.863. The largest absolute Gasteiger partial charge is 0.508 e. The third kappa shape index (κ3) is 3.73. The Morgan fingerprint density at radius 1 is 1.05 bits per heavy atom. The number of hydrogen-bond acceptors (Lipinski definition) is 3. The average Bonchev–Trinajstić information content (AvgIpc) is 2.46. The van der Waals surface area contributed by atoms with E-state index in [2.05, 4.69) is 6.92 Å². The first-order valence-corrected chi connectivity index (χ1v) is 6.45. The lowest BCUT2D eigenvalue weighted by atomic mass is 10.1. The van der Waals surface area contributed by atoms with Crippen molar-refractivity contribution in [2.24, 2.45) is 5.73 Å². The molecule has 19 heavy (non-hydrogen) atoms. The fourth-order valence-electron chi connectivity index (χ4n) is 1.81. The van der Waals surface area contributed by atoms with Crippen LogP contribution in [0.4, 0.5) is 0 Å². The molecule has 2 rings (SSSR count). The van der Waals surface area contributed by atoms with Gasteiger partial charge in [-0.3, -0.25) is 0 Å². The zero-order valence-corrected chi connectivity index (χ0v) is 11.0. The molecule has 3 nitrogen and oxygen atoms in total. The molecule has 0 spiro atoms. The summed E-state index contributed by atoms with van der Waals surface area (Å²) in [6, 6.07) is 15.0. The summed E-state index contributed by atoms with van der Waals surface area (Å²) in [7, 11) is 0. The Balaban J connectivity index is 1.94. The molecule has 0 radical (unpaired) electrons. The van der Waals surface area contributed by atoms with Crippen LogP contribution in [0.2, 0.25) is 0 Å². The third-order valence-corrected chi connectivity index (χ3v) is 3.09. The molecule has 0 aliphatic carbocycles. The Morgan fingerprint density at radius 2 is 1.68 bits per heavy atom. The van der Waals surface area contributed by atoms with Crippen LogP contribution < -0.4 is 10.5 Å². The highest BCUT2D eigenvalue weighted by Gasteiger charge is 2.03. The van der Waals surface area contributed by atoms with Crippen LogP contribution in [-0.4, -0.2) is 5.11 Å². The minimum absolute atomic E-state index is 0.0890. The van der Waals surface area contributed by atoms with Crippen molar-refractivity contribution in [1.29, 1.82) is 0 Å². The van der Waals surface area contributed by atoms with Crippen molar-refractivity contribution < 1.29 is 9.84 Å². The summed E-state index contributed by atoms with van der Waals surface area (Å²) in [6.07, 6.45) is 0.924. The number of nitrogens with two attached hydrogens (primary N) is 1. The van der Waals surface area contributed by atoms with Gasteiger partial charge in [0.15, 0.2) is 0 Å². The second kappa shape index (κ2) is 6.25. The number of rotatable bonds is 5. The summed E-state index contributed by atoms with van der Waals surface area (Å²) in [6.45, 7) is 2.55. The van der Waals surface area contributed by atoms with E-state index in [0.29, 0.717) is 6.61 Å². The highest BCUT2D eigenvalue weighted by Crippen LogP contribution is 2.19. The van der Waals surface area contributed by atoms with Crippen molar-refractivity contribution in [3.8, 4) is 11.5 Å². The van der Waals surface area contributed by atoms with E-state index in [0.717, 1.165) is 23.3 Å². The molecule has 2 aromatic carbocycles. The first-order valence-electron chi connectivity index (χ1n) is 6.45. The van der Waals surface area contributed by atoms with Gasteiger partial charge in [-0.2, -0.15) is 0 Å². The zero-order valence-electron chi connectivity index (χ0n) is 11.0. The van der Waals surface area contributed by atoms with E-state index in [-0.39, 0.29) is 11.8 Å². The van der Waals surface area contributed by atoms with Crippen LogP contribution in [0, 0.1) is 0 Å². The van der Waals surface area contributed by atoms with Gasteiger partial charge in [-0.15, -0.1) is 0 Å². The molecule has 3 heteroatoms. The number of ether oxygens (including phenoxy) is 1. The van der Waals surface area contributed by atoms with E-state index in [9.17, 15) is 5.11 Å². The Labute approximate surface area is 113 Å². The molecule has 0 saturated heterocycles. The van der Waals surface area contributed by atoms with Gasteiger partial charge >= 0.3 is 0 Å². The van der Waals surface area contributed by atoms with Gasteiger partial charge in [0.25, 0.3) is 0 Å². The predicted octanol–water partition coefficient (Wildman–Crippen LogP) is 3.38. The smallest absolute Gasteiger partial charge is 0.119 e. The molecule has 0 saturated carbocycles. The summed E-state index contributed by atoms with van der Waals surface area (Å²) in [5.41, 5.74) is 8.10. The lowest BCUT2D eigenvalue weighted by molar-refractivity contribution is 0.306. The summed E-state index contributed by atoms with van der Waals surface area (Å²) >= 11 is 0. The van der Waals surface area contributed by atoms with Crippen molar-refractivity contribution in [2.75, 3.05) is 0 Å². The third-order valence-electron chi connectivity index (χ3n) is 3.09. The minimum Gasteiger partial charge on any atom is -0.508 e. The second-order valence-corrected chi connectivity index (χ2v) is 4.54. The molecule has 3 N–H and O–H groups in total. The Kier molecular flexibility index (Phi) is 4.42. The van der Waals surface area contributed by atoms with E-state index in [4.69, 9.17) is 10.5 Å². The maximum atomic E-state index is 9.20. The van der Waals surface area contributed by atoms with Crippen LogP contribution in [0.25, 0.3) is 0 Å². The lowest BCUT2D eigenvalue weighted by Crippen LogP contribution is -2.08. The summed E-state index contributed by atoms with van der Waals surface area (Å²) < 4.78 is 5.68. The number of phenolic OH excluding ortho intramolecular Hbond substituents is 1. The van der Waals surface area contributed by atoms with Crippen molar-refractivity contribution >= 4 is 0 Å². The predicted molar refractivity (Wildman–Crippen MR) is 76.1 cm³/mol. The fourth-order valence-corrected chi connectivity index (χ4v) is 1.81. The Bertz CT molecular complexity index is 505. The van der Waals surface area contributed by atoms with Crippen LogP contribution in [0.5, 0.6) is 11.5 Å². The van der Waals surface area contributed by atoms with E-state index in [1.54, 1.807) is 12.1 Å². The average molecular weight is 257 g/mol.